The van der Waals surface area contributed by atoms with Gasteiger partial charge in [0.05, 0.1) is 17.2 Å². The molecule has 1 amide bonds. The minimum absolute atomic E-state index is 0.0680. The van der Waals surface area contributed by atoms with Gasteiger partial charge < -0.3 is 9.26 Å². The van der Waals surface area contributed by atoms with E-state index in [1.54, 1.807) is 6.07 Å². The molecule has 2 aliphatic heterocycles. The van der Waals surface area contributed by atoms with E-state index in [4.69, 9.17) is 14.1 Å². The highest BCUT2D eigenvalue weighted by atomic mass is 32.2. The number of nitrogens with zero attached hydrogens (tertiary/aromatic N) is 1. The molecule has 1 atom stereocenters. The zero-order chi connectivity index (χ0) is 21.7. The highest BCUT2D eigenvalue weighted by Crippen LogP contribution is 2.26. The fourth-order valence-electron chi connectivity index (χ4n) is 3.79. The van der Waals surface area contributed by atoms with E-state index in [-0.39, 0.29) is 30.9 Å². The predicted molar refractivity (Wildman–Crippen MR) is 112 cm³/mol. The van der Waals surface area contributed by atoms with Crippen molar-refractivity contribution in [3.63, 3.8) is 0 Å². The van der Waals surface area contributed by atoms with Crippen LogP contribution in [0.15, 0.2) is 40.9 Å². The molecule has 1 aromatic carbocycles. The smallest absolute Gasteiger partial charge is 0.263 e. The molecule has 10 heteroatoms. The quantitative estimate of drug-likeness (QED) is 0.616. The molecule has 1 aromatic heterocycles. The van der Waals surface area contributed by atoms with Gasteiger partial charge in [0.1, 0.15) is 15.4 Å². The van der Waals surface area contributed by atoms with Gasteiger partial charge in [0.15, 0.2) is 12.1 Å². The van der Waals surface area contributed by atoms with Crippen molar-refractivity contribution >= 4 is 15.7 Å². The summed E-state index contributed by atoms with van der Waals surface area (Å²) in [5, 5.41) is 7.30. The summed E-state index contributed by atoms with van der Waals surface area (Å²) in [7, 11) is -3.16. The molecule has 31 heavy (non-hydrogen) atoms. The Morgan fingerprint density at radius 2 is 1.97 bits per heavy atom. The maximum absolute atomic E-state index is 13.0. The molecule has 1 unspecified atom stereocenters. The van der Waals surface area contributed by atoms with Gasteiger partial charge in [-0.05, 0) is 25.7 Å². The van der Waals surface area contributed by atoms with Crippen LogP contribution in [0.1, 0.15) is 37.8 Å². The van der Waals surface area contributed by atoms with E-state index in [0.717, 1.165) is 18.4 Å². The van der Waals surface area contributed by atoms with Crippen molar-refractivity contribution in [2.75, 3.05) is 18.1 Å². The minimum Gasteiger partial charge on any atom is -0.356 e. The first-order chi connectivity index (χ1) is 15.0. The van der Waals surface area contributed by atoms with Crippen LogP contribution >= 0.6 is 0 Å². The number of carbonyl (C=O) groups is 1. The van der Waals surface area contributed by atoms with Gasteiger partial charge in [0.25, 0.3) is 5.91 Å². The molecule has 0 saturated carbocycles. The van der Waals surface area contributed by atoms with Gasteiger partial charge in [0.2, 0.25) is 0 Å². The van der Waals surface area contributed by atoms with Gasteiger partial charge in [-0.3, -0.25) is 10.1 Å². The summed E-state index contributed by atoms with van der Waals surface area (Å²) in [6.07, 6.45) is 2.47. The number of nitrogens with one attached hydrogen (secondary N) is 2. The number of aromatic nitrogens is 1. The monoisotopic (exact) mass is 449 g/mol. The van der Waals surface area contributed by atoms with Crippen LogP contribution in [-0.2, 0) is 30.8 Å². The van der Waals surface area contributed by atoms with E-state index in [0.29, 0.717) is 24.5 Å². The van der Waals surface area contributed by atoms with Crippen molar-refractivity contribution < 1.29 is 27.3 Å². The first-order valence-electron chi connectivity index (χ1n) is 10.5. The second kappa shape index (κ2) is 9.47. The summed E-state index contributed by atoms with van der Waals surface area (Å²) >= 11 is 0. The lowest BCUT2D eigenvalue weighted by Gasteiger charge is -2.36. The molecule has 2 aliphatic rings. The molecule has 0 spiro atoms. The highest BCUT2D eigenvalue weighted by molar-refractivity contribution is 7.91. The number of amides is 1. The number of benzene rings is 1. The van der Waals surface area contributed by atoms with Crippen molar-refractivity contribution in [1.82, 2.24) is 16.0 Å². The standard InChI is InChI=1S/C21H27N3O6S/c25-20(24-30-19-8-4-5-11-28-19)21(9-12-31(26,27)13-10-21)22-15-17-14-18(29-23-17)16-6-2-1-3-7-16/h1-3,6-7,14,19,22H,4-5,8-13,15H2,(H,24,25). The molecule has 2 N–H and O–H groups in total. The summed E-state index contributed by atoms with van der Waals surface area (Å²) in [6.45, 7) is 0.849. The zero-order valence-corrected chi connectivity index (χ0v) is 18.0. The van der Waals surface area contributed by atoms with E-state index in [1.165, 1.54) is 0 Å². The van der Waals surface area contributed by atoms with Gasteiger partial charge in [-0.25, -0.2) is 18.7 Å². The maximum atomic E-state index is 13.0. The largest absolute Gasteiger partial charge is 0.356 e. The number of hydrogen-bond acceptors (Lipinski definition) is 8. The Hall–Kier alpha value is -2.27. The summed E-state index contributed by atoms with van der Waals surface area (Å²) < 4.78 is 34.8. The van der Waals surface area contributed by atoms with Crippen LogP contribution in [0.4, 0.5) is 0 Å². The fraction of sp³-hybridized carbons (Fsp3) is 0.524. The number of rotatable bonds is 7. The van der Waals surface area contributed by atoms with Gasteiger partial charge >= 0.3 is 0 Å². The number of hydroxylamine groups is 1. The van der Waals surface area contributed by atoms with Gasteiger partial charge in [0, 0.05) is 31.2 Å². The average molecular weight is 450 g/mol. The van der Waals surface area contributed by atoms with E-state index < -0.39 is 27.6 Å². The molecule has 0 radical (unpaired) electrons. The second-order valence-electron chi connectivity index (χ2n) is 7.98. The Kier molecular flexibility index (Phi) is 6.71. The predicted octanol–water partition coefficient (Wildman–Crippen LogP) is 1.95. The third kappa shape index (κ3) is 5.51. The topological polar surface area (TPSA) is 120 Å². The summed E-state index contributed by atoms with van der Waals surface area (Å²) in [5.74, 6) is 0.0892. The molecule has 9 nitrogen and oxygen atoms in total. The Bertz CT molecular complexity index is 972. The van der Waals surface area contributed by atoms with Crippen molar-refractivity contribution in [3.8, 4) is 11.3 Å². The average Bonchev–Trinajstić information content (AvgIpc) is 3.28. The number of ether oxygens (including phenoxy) is 1. The second-order valence-corrected chi connectivity index (χ2v) is 10.3. The zero-order valence-electron chi connectivity index (χ0n) is 17.2. The molecule has 168 valence electrons. The molecular formula is C21H27N3O6S. The summed E-state index contributed by atoms with van der Waals surface area (Å²) in [4.78, 5) is 18.5. The van der Waals surface area contributed by atoms with Crippen molar-refractivity contribution in [2.45, 2.75) is 50.5 Å². The van der Waals surface area contributed by atoms with Crippen LogP contribution in [-0.4, -0.2) is 49.4 Å². The number of carbonyl (C=O) groups excluding carboxylic acids is 1. The van der Waals surface area contributed by atoms with Crippen molar-refractivity contribution in [2.24, 2.45) is 0 Å². The molecule has 4 rings (SSSR count). The lowest BCUT2D eigenvalue weighted by molar-refractivity contribution is -0.203. The van der Waals surface area contributed by atoms with E-state index in [2.05, 4.69) is 16.0 Å². The molecule has 2 aromatic rings. The third-order valence-electron chi connectivity index (χ3n) is 5.76. The Labute approximate surface area is 181 Å². The number of hydrogen-bond donors (Lipinski definition) is 2. The summed E-state index contributed by atoms with van der Waals surface area (Å²) in [6, 6.07) is 11.4. The molecule has 0 bridgehead atoms. The normalized spacial score (nSPS) is 22.6. The molecule has 3 heterocycles. The van der Waals surface area contributed by atoms with Crippen LogP contribution in [0.3, 0.4) is 0 Å². The maximum Gasteiger partial charge on any atom is 0.263 e. The van der Waals surface area contributed by atoms with Gasteiger partial charge in [-0.15, -0.1) is 0 Å². The van der Waals surface area contributed by atoms with E-state index >= 15 is 0 Å². The van der Waals surface area contributed by atoms with Crippen molar-refractivity contribution in [1.29, 1.82) is 0 Å². The lowest BCUT2D eigenvalue weighted by Crippen LogP contribution is -2.60. The van der Waals surface area contributed by atoms with Crippen LogP contribution < -0.4 is 10.8 Å². The van der Waals surface area contributed by atoms with Crippen LogP contribution in [0.25, 0.3) is 11.3 Å². The van der Waals surface area contributed by atoms with E-state index in [9.17, 15) is 13.2 Å². The SMILES string of the molecule is O=C(NOC1CCCCO1)C1(NCc2cc(-c3ccccc3)on2)CCS(=O)(=O)CC1. The van der Waals surface area contributed by atoms with Gasteiger partial charge in [-0.2, -0.15) is 0 Å². The molecule has 0 aliphatic carbocycles. The van der Waals surface area contributed by atoms with Crippen LogP contribution in [0.2, 0.25) is 0 Å². The summed E-state index contributed by atoms with van der Waals surface area (Å²) in [5.41, 5.74) is 2.94. The number of sulfone groups is 1. The fourth-order valence-corrected chi connectivity index (χ4v) is 5.31. The minimum atomic E-state index is -3.16. The third-order valence-corrected chi connectivity index (χ3v) is 7.41. The van der Waals surface area contributed by atoms with E-state index in [1.807, 2.05) is 30.3 Å². The molecule has 2 saturated heterocycles. The Morgan fingerprint density at radius 1 is 1.19 bits per heavy atom. The first kappa shape index (κ1) is 21.9. The Morgan fingerprint density at radius 3 is 2.68 bits per heavy atom. The van der Waals surface area contributed by atoms with Crippen molar-refractivity contribution in [3.05, 3.63) is 42.1 Å². The Balaban J connectivity index is 1.42. The highest BCUT2D eigenvalue weighted by Gasteiger charge is 2.43. The van der Waals surface area contributed by atoms with Crippen LogP contribution in [0.5, 0.6) is 0 Å². The molecule has 2 fully saturated rings. The van der Waals surface area contributed by atoms with Crippen LogP contribution in [0, 0.1) is 0 Å². The molecular weight excluding hydrogens is 422 g/mol. The first-order valence-corrected chi connectivity index (χ1v) is 12.3. The van der Waals surface area contributed by atoms with Gasteiger partial charge in [-0.1, -0.05) is 35.5 Å². The lowest BCUT2D eigenvalue weighted by atomic mass is 9.91.